The summed E-state index contributed by atoms with van der Waals surface area (Å²) in [5.41, 5.74) is 2.99. The number of piperidine rings is 1. The van der Waals surface area contributed by atoms with Crippen LogP contribution in [-0.2, 0) is 4.74 Å². The fourth-order valence-electron chi connectivity index (χ4n) is 3.25. The van der Waals surface area contributed by atoms with E-state index >= 15 is 0 Å². The van der Waals surface area contributed by atoms with Crippen LogP contribution in [0.5, 0.6) is 0 Å². The Bertz CT molecular complexity index is 878. The number of para-hydroxylation sites is 1. The number of anilines is 2. The van der Waals surface area contributed by atoms with E-state index < -0.39 is 0 Å². The van der Waals surface area contributed by atoms with E-state index in [-0.39, 0.29) is 18.0 Å². The van der Waals surface area contributed by atoms with Crippen LogP contribution in [0.15, 0.2) is 30.3 Å². The van der Waals surface area contributed by atoms with Crippen LogP contribution in [0, 0.1) is 13.8 Å². The zero-order chi connectivity index (χ0) is 20.8. The molecule has 3 rings (SSSR count). The molecule has 0 bridgehead atoms. The van der Waals surface area contributed by atoms with Gasteiger partial charge in [-0.25, -0.2) is 14.8 Å². The molecule has 0 radical (unpaired) electrons. The van der Waals surface area contributed by atoms with E-state index in [0.717, 1.165) is 11.3 Å². The molecule has 0 aliphatic carbocycles. The van der Waals surface area contributed by atoms with Crippen LogP contribution in [0.25, 0.3) is 0 Å². The number of aromatic nitrogens is 2. The van der Waals surface area contributed by atoms with Crippen molar-refractivity contribution in [3.05, 3.63) is 47.3 Å². The third-order valence-corrected chi connectivity index (χ3v) is 4.83. The topological polar surface area (TPSA) is 96.5 Å². The van der Waals surface area contributed by atoms with Gasteiger partial charge in [0.2, 0.25) is 5.95 Å². The molecule has 0 unspecified atom stereocenters. The third-order valence-electron chi connectivity index (χ3n) is 4.83. The van der Waals surface area contributed by atoms with E-state index in [1.54, 1.807) is 17.9 Å². The number of benzene rings is 1. The summed E-state index contributed by atoms with van der Waals surface area (Å²) in [6.07, 6.45) is 1.07. The number of hydrogen-bond donors (Lipinski definition) is 2. The zero-order valence-electron chi connectivity index (χ0n) is 17.1. The zero-order valence-corrected chi connectivity index (χ0v) is 17.1. The molecule has 1 aliphatic heterocycles. The average molecular weight is 397 g/mol. The average Bonchev–Trinajstić information content (AvgIpc) is 2.70. The highest BCUT2D eigenvalue weighted by Crippen LogP contribution is 2.18. The van der Waals surface area contributed by atoms with Gasteiger partial charge >= 0.3 is 6.09 Å². The van der Waals surface area contributed by atoms with Gasteiger partial charge in [0.05, 0.1) is 6.61 Å². The van der Waals surface area contributed by atoms with Gasteiger partial charge in [0.1, 0.15) is 5.69 Å². The molecule has 29 heavy (non-hydrogen) atoms. The van der Waals surface area contributed by atoms with Gasteiger partial charge in [0, 0.05) is 30.5 Å². The minimum atomic E-state index is -0.296. The first-order valence-electron chi connectivity index (χ1n) is 9.87. The van der Waals surface area contributed by atoms with E-state index in [1.165, 1.54) is 0 Å². The molecule has 0 saturated carbocycles. The van der Waals surface area contributed by atoms with Gasteiger partial charge in [-0.2, -0.15) is 0 Å². The Morgan fingerprint density at radius 3 is 2.59 bits per heavy atom. The summed E-state index contributed by atoms with van der Waals surface area (Å²) >= 11 is 0. The molecule has 154 valence electrons. The highest BCUT2D eigenvalue weighted by Gasteiger charge is 2.25. The molecule has 8 heteroatoms. The van der Waals surface area contributed by atoms with Crippen molar-refractivity contribution in [2.45, 2.75) is 39.7 Å². The maximum absolute atomic E-state index is 12.7. The minimum absolute atomic E-state index is 0.00350. The molecule has 1 aromatic carbocycles. The predicted octanol–water partition coefficient (Wildman–Crippen LogP) is 3.19. The summed E-state index contributed by atoms with van der Waals surface area (Å²) in [7, 11) is 0. The number of nitrogens with zero attached hydrogens (tertiary/aromatic N) is 3. The predicted molar refractivity (Wildman–Crippen MR) is 110 cm³/mol. The number of rotatable bonds is 5. The largest absolute Gasteiger partial charge is 0.450 e. The summed E-state index contributed by atoms with van der Waals surface area (Å²) in [4.78, 5) is 35.0. The Morgan fingerprint density at radius 2 is 1.90 bits per heavy atom. The first-order valence-corrected chi connectivity index (χ1v) is 9.87. The fraction of sp³-hybridized carbons (Fsp3) is 0.429. The molecule has 2 aromatic rings. The molecule has 1 fully saturated rings. The van der Waals surface area contributed by atoms with Gasteiger partial charge in [0.15, 0.2) is 0 Å². The number of nitrogens with one attached hydrogen (secondary N) is 2. The van der Waals surface area contributed by atoms with Crippen LogP contribution in [-0.4, -0.2) is 52.6 Å². The number of hydrogen-bond acceptors (Lipinski definition) is 6. The van der Waals surface area contributed by atoms with Gasteiger partial charge < -0.3 is 20.3 Å². The first kappa shape index (κ1) is 20.6. The summed E-state index contributed by atoms with van der Waals surface area (Å²) in [6, 6.07) is 9.50. The van der Waals surface area contributed by atoms with Crippen LogP contribution in [0.4, 0.5) is 16.4 Å². The monoisotopic (exact) mass is 397 g/mol. The van der Waals surface area contributed by atoms with Crippen molar-refractivity contribution in [2.24, 2.45) is 0 Å². The van der Waals surface area contributed by atoms with Crippen LogP contribution >= 0.6 is 0 Å². The summed E-state index contributed by atoms with van der Waals surface area (Å²) < 4.78 is 5.03. The lowest BCUT2D eigenvalue weighted by atomic mass is 10.1. The summed E-state index contributed by atoms with van der Waals surface area (Å²) in [5, 5.41) is 6.20. The lowest BCUT2D eigenvalue weighted by Gasteiger charge is -2.31. The molecule has 0 spiro atoms. The normalized spacial score (nSPS) is 14.4. The molecule has 2 heterocycles. The lowest BCUT2D eigenvalue weighted by Crippen LogP contribution is -2.46. The maximum atomic E-state index is 12.7. The number of amides is 2. The quantitative estimate of drug-likeness (QED) is 0.804. The molecule has 8 nitrogen and oxygen atoms in total. The SMILES string of the molecule is CCOC(=O)N1CCC(NC(=O)c2cc(C)nc(Nc3ccccc3C)n2)CC1. The van der Waals surface area contributed by atoms with Gasteiger partial charge in [-0.05, 0) is 51.3 Å². The van der Waals surface area contributed by atoms with Gasteiger partial charge in [-0.3, -0.25) is 4.79 Å². The molecule has 1 saturated heterocycles. The van der Waals surface area contributed by atoms with E-state index in [1.807, 2.05) is 38.1 Å². The molecular formula is C21H27N5O3. The second-order valence-corrected chi connectivity index (χ2v) is 7.09. The number of ether oxygens (including phenoxy) is 1. The van der Waals surface area contributed by atoms with Crippen LogP contribution in [0.1, 0.15) is 41.5 Å². The number of likely N-dealkylation sites (tertiary alicyclic amines) is 1. The Kier molecular flexibility index (Phi) is 6.64. The summed E-state index contributed by atoms with van der Waals surface area (Å²) in [5.74, 6) is 0.152. The van der Waals surface area contributed by atoms with E-state index in [0.29, 0.717) is 49.9 Å². The van der Waals surface area contributed by atoms with Crippen molar-refractivity contribution in [1.82, 2.24) is 20.2 Å². The third kappa shape index (κ3) is 5.43. The van der Waals surface area contributed by atoms with Crippen molar-refractivity contribution < 1.29 is 14.3 Å². The van der Waals surface area contributed by atoms with E-state index in [9.17, 15) is 9.59 Å². The Morgan fingerprint density at radius 1 is 1.17 bits per heavy atom. The standard InChI is InChI=1S/C21H27N5O3/c1-4-29-21(28)26-11-9-16(10-12-26)23-19(27)18-13-15(3)22-20(25-18)24-17-8-6-5-7-14(17)2/h5-8,13,16H,4,9-12H2,1-3H3,(H,23,27)(H,22,24,25). The Hall–Kier alpha value is -3.16. The smallest absolute Gasteiger partial charge is 0.409 e. The maximum Gasteiger partial charge on any atom is 0.409 e. The van der Waals surface area contributed by atoms with Crippen molar-refractivity contribution in [3.63, 3.8) is 0 Å². The van der Waals surface area contributed by atoms with Gasteiger partial charge in [0.25, 0.3) is 5.91 Å². The molecule has 2 N–H and O–H groups in total. The number of carbonyl (C=O) groups is 2. The highest BCUT2D eigenvalue weighted by molar-refractivity contribution is 5.93. The molecule has 2 amide bonds. The number of carbonyl (C=O) groups excluding carboxylic acids is 2. The molecule has 0 atom stereocenters. The van der Waals surface area contributed by atoms with Crippen molar-refractivity contribution in [3.8, 4) is 0 Å². The van der Waals surface area contributed by atoms with Crippen LogP contribution < -0.4 is 10.6 Å². The van der Waals surface area contributed by atoms with E-state index in [2.05, 4.69) is 20.6 Å². The summed E-state index contributed by atoms with van der Waals surface area (Å²) in [6.45, 7) is 7.10. The first-order chi connectivity index (χ1) is 14.0. The molecule has 1 aromatic heterocycles. The lowest BCUT2D eigenvalue weighted by molar-refractivity contribution is 0.0856. The van der Waals surface area contributed by atoms with E-state index in [4.69, 9.17) is 4.74 Å². The van der Waals surface area contributed by atoms with Crippen LogP contribution in [0.2, 0.25) is 0 Å². The second-order valence-electron chi connectivity index (χ2n) is 7.09. The van der Waals surface area contributed by atoms with Crippen molar-refractivity contribution >= 4 is 23.6 Å². The van der Waals surface area contributed by atoms with Gasteiger partial charge in [-0.1, -0.05) is 18.2 Å². The number of aryl methyl sites for hydroxylation is 2. The Labute approximate surface area is 170 Å². The fourth-order valence-corrected chi connectivity index (χ4v) is 3.25. The van der Waals surface area contributed by atoms with Crippen LogP contribution in [0.3, 0.4) is 0 Å². The second kappa shape index (κ2) is 9.36. The molecular weight excluding hydrogens is 370 g/mol. The molecule has 1 aliphatic rings. The Balaban J connectivity index is 1.62. The van der Waals surface area contributed by atoms with Gasteiger partial charge in [-0.15, -0.1) is 0 Å². The van der Waals surface area contributed by atoms with Crippen molar-refractivity contribution in [2.75, 3.05) is 25.0 Å². The highest BCUT2D eigenvalue weighted by atomic mass is 16.6. The minimum Gasteiger partial charge on any atom is -0.450 e. The van der Waals surface area contributed by atoms with Crippen molar-refractivity contribution in [1.29, 1.82) is 0 Å².